The van der Waals surface area contributed by atoms with Crippen molar-refractivity contribution >= 4 is 33.5 Å². The van der Waals surface area contributed by atoms with E-state index < -0.39 is 0 Å². The molecular weight excluding hydrogens is 406 g/mol. The minimum atomic E-state index is 0.294. The summed E-state index contributed by atoms with van der Waals surface area (Å²) in [5.41, 5.74) is 1.25. The SMILES string of the molecule is CCNC(=NCCCN1CCCC1=O)NC1CCN(c2ccccc2Br)C1. The second-order valence-corrected chi connectivity index (χ2v) is 7.98. The summed E-state index contributed by atoms with van der Waals surface area (Å²) in [6.45, 7) is 7.40. The Labute approximate surface area is 170 Å². The van der Waals surface area contributed by atoms with Gasteiger partial charge in [-0.2, -0.15) is 0 Å². The lowest BCUT2D eigenvalue weighted by Crippen LogP contribution is -2.44. The van der Waals surface area contributed by atoms with E-state index in [-0.39, 0.29) is 0 Å². The normalized spacial score (nSPS) is 20.4. The molecule has 1 atom stereocenters. The molecule has 2 fully saturated rings. The average molecular weight is 436 g/mol. The van der Waals surface area contributed by atoms with Gasteiger partial charge in [0.25, 0.3) is 0 Å². The lowest BCUT2D eigenvalue weighted by Gasteiger charge is -2.21. The lowest BCUT2D eigenvalue weighted by atomic mass is 10.2. The number of carbonyl (C=O) groups excluding carboxylic acids is 1. The first kappa shape index (κ1) is 20.0. The average Bonchev–Trinajstić information content (AvgIpc) is 3.28. The maximum absolute atomic E-state index is 11.7. The third kappa shape index (κ3) is 5.61. The maximum Gasteiger partial charge on any atom is 0.222 e. The summed E-state index contributed by atoms with van der Waals surface area (Å²) in [6, 6.07) is 8.76. The highest BCUT2D eigenvalue weighted by molar-refractivity contribution is 9.10. The van der Waals surface area contributed by atoms with Gasteiger partial charge in [0.15, 0.2) is 5.96 Å². The zero-order chi connectivity index (χ0) is 19.1. The number of guanidine groups is 1. The Balaban J connectivity index is 1.47. The molecule has 0 aliphatic carbocycles. The van der Waals surface area contributed by atoms with E-state index in [2.05, 4.69) is 56.6 Å². The predicted molar refractivity (Wildman–Crippen MR) is 114 cm³/mol. The number of likely N-dealkylation sites (tertiary alicyclic amines) is 1. The van der Waals surface area contributed by atoms with E-state index in [1.54, 1.807) is 0 Å². The number of carbonyl (C=O) groups is 1. The van der Waals surface area contributed by atoms with Crippen molar-refractivity contribution in [2.75, 3.05) is 44.2 Å². The van der Waals surface area contributed by atoms with Gasteiger partial charge in [0.1, 0.15) is 0 Å². The molecule has 1 unspecified atom stereocenters. The molecule has 1 aromatic carbocycles. The number of para-hydroxylation sites is 1. The van der Waals surface area contributed by atoms with Crippen molar-refractivity contribution in [2.24, 2.45) is 4.99 Å². The van der Waals surface area contributed by atoms with Crippen LogP contribution in [0.15, 0.2) is 33.7 Å². The molecule has 2 aliphatic rings. The molecule has 6 nitrogen and oxygen atoms in total. The fourth-order valence-electron chi connectivity index (χ4n) is 3.71. The highest BCUT2D eigenvalue weighted by Gasteiger charge is 2.24. The van der Waals surface area contributed by atoms with Crippen LogP contribution in [0.3, 0.4) is 0 Å². The van der Waals surface area contributed by atoms with Crippen LogP contribution < -0.4 is 15.5 Å². The van der Waals surface area contributed by atoms with E-state index in [0.717, 1.165) is 69.0 Å². The Kier molecular flexibility index (Phi) is 7.38. The highest BCUT2D eigenvalue weighted by Crippen LogP contribution is 2.28. The standard InChI is InChI=1S/C20H30BrN5O/c1-2-22-20(23-11-6-13-25-12-5-9-19(25)27)24-16-10-14-26(15-16)18-8-4-3-7-17(18)21/h3-4,7-8,16H,2,5-6,9-15H2,1H3,(H2,22,23,24). The van der Waals surface area contributed by atoms with Gasteiger partial charge in [-0.3, -0.25) is 9.79 Å². The molecule has 2 aliphatic heterocycles. The predicted octanol–water partition coefficient (Wildman–Crippen LogP) is 2.60. The van der Waals surface area contributed by atoms with Crippen LogP contribution in [0.5, 0.6) is 0 Å². The Bertz CT molecular complexity index is 666. The monoisotopic (exact) mass is 435 g/mol. The Morgan fingerprint density at radius 1 is 1.33 bits per heavy atom. The van der Waals surface area contributed by atoms with Crippen molar-refractivity contribution in [1.29, 1.82) is 0 Å². The van der Waals surface area contributed by atoms with E-state index in [1.165, 1.54) is 5.69 Å². The number of hydrogen-bond acceptors (Lipinski definition) is 3. The van der Waals surface area contributed by atoms with E-state index in [1.807, 2.05) is 11.0 Å². The highest BCUT2D eigenvalue weighted by atomic mass is 79.9. The van der Waals surface area contributed by atoms with Gasteiger partial charge in [0.2, 0.25) is 5.91 Å². The van der Waals surface area contributed by atoms with Crippen LogP contribution in [0.2, 0.25) is 0 Å². The summed E-state index contributed by atoms with van der Waals surface area (Å²) >= 11 is 3.65. The zero-order valence-electron chi connectivity index (χ0n) is 16.1. The molecule has 1 aromatic rings. The largest absolute Gasteiger partial charge is 0.368 e. The third-order valence-electron chi connectivity index (χ3n) is 5.09. The molecule has 2 heterocycles. The number of aliphatic imine (C=N–C) groups is 1. The molecule has 0 radical (unpaired) electrons. The van der Waals surface area contributed by atoms with Crippen molar-refractivity contribution in [2.45, 2.75) is 38.6 Å². The molecule has 3 rings (SSSR count). The summed E-state index contributed by atoms with van der Waals surface area (Å²) < 4.78 is 1.14. The number of nitrogens with zero attached hydrogens (tertiary/aromatic N) is 3. The summed E-state index contributed by atoms with van der Waals surface area (Å²) in [5.74, 6) is 1.17. The quantitative estimate of drug-likeness (QED) is 0.392. The smallest absolute Gasteiger partial charge is 0.222 e. The molecule has 2 N–H and O–H groups in total. The fraction of sp³-hybridized carbons (Fsp3) is 0.600. The van der Waals surface area contributed by atoms with Gasteiger partial charge in [0, 0.05) is 56.2 Å². The lowest BCUT2D eigenvalue weighted by molar-refractivity contribution is -0.127. The van der Waals surface area contributed by atoms with Crippen molar-refractivity contribution in [1.82, 2.24) is 15.5 Å². The Morgan fingerprint density at radius 3 is 2.93 bits per heavy atom. The van der Waals surface area contributed by atoms with Crippen molar-refractivity contribution in [3.63, 3.8) is 0 Å². The molecule has 27 heavy (non-hydrogen) atoms. The van der Waals surface area contributed by atoms with Gasteiger partial charge >= 0.3 is 0 Å². The second-order valence-electron chi connectivity index (χ2n) is 7.13. The molecule has 0 aromatic heterocycles. The van der Waals surface area contributed by atoms with Crippen LogP contribution in [-0.4, -0.2) is 62.1 Å². The third-order valence-corrected chi connectivity index (χ3v) is 5.76. The van der Waals surface area contributed by atoms with Gasteiger partial charge in [-0.05, 0) is 54.2 Å². The van der Waals surface area contributed by atoms with Crippen LogP contribution in [0.25, 0.3) is 0 Å². The number of nitrogens with one attached hydrogen (secondary N) is 2. The Hall–Kier alpha value is -1.76. The number of rotatable bonds is 7. The summed E-state index contributed by atoms with van der Waals surface area (Å²) in [4.78, 5) is 20.7. The van der Waals surface area contributed by atoms with Gasteiger partial charge < -0.3 is 20.4 Å². The maximum atomic E-state index is 11.7. The van der Waals surface area contributed by atoms with Crippen LogP contribution in [-0.2, 0) is 4.79 Å². The molecule has 0 saturated carbocycles. The van der Waals surface area contributed by atoms with Crippen molar-refractivity contribution in [3.05, 3.63) is 28.7 Å². The first-order valence-corrected chi connectivity index (χ1v) is 10.8. The van der Waals surface area contributed by atoms with Crippen LogP contribution in [0.4, 0.5) is 5.69 Å². The molecule has 7 heteroatoms. The van der Waals surface area contributed by atoms with E-state index in [4.69, 9.17) is 4.99 Å². The van der Waals surface area contributed by atoms with E-state index >= 15 is 0 Å². The topological polar surface area (TPSA) is 60.0 Å². The number of hydrogen-bond donors (Lipinski definition) is 2. The number of benzene rings is 1. The van der Waals surface area contributed by atoms with Crippen LogP contribution >= 0.6 is 15.9 Å². The van der Waals surface area contributed by atoms with Crippen LogP contribution in [0.1, 0.15) is 32.6 Å². The summed E-state index contributed by atoms with van der Waals surface area (Å²) in [7, 11) is 0. The first-order valence-electron chi connectivity index (χ1n) is 9.99. The van der Waals surface area contributed by atoms with Crippen molar-refractivity contribution < 1.29 is 4.79 Å². The molecule has 1 amide bonds. The Morgan fingerprint density at radius 2 is 2.19 bits per heavy atom. The number of anilines is 1. The molecule has 2 saturated heterocycles. The van der Waals surface area contributed by atoms with Gasteiger partial charge in [-0.1, -0.05) is 12.1 Å². The zero-order valence-corrected chi connectivity index (χ0v) is 17.7. The van der Waals surface area contributed by atoms with E-state index in [9.17, 15) is 4.79 Å². The number of halogens is 1. The summed E-state index contributed by atoms with van der Waals surface area (Å²) in [5, 5.41) is 6.92. The van der Waals surface area contributed by atoms with Gasteiger partial charge in [0.05, 0.1) is 5.69 Å². The minimum absolute atomic E-state index is 0.294. The summed E-state index contributed by atoms with van der Waals surface area (Å²) in [6.07, 6.45) is 3.72. The molecule has 0 spiro atoms. The number of amides is 1. The minimum Gasteiger partial charge on any atom is -0.368 e. The molecule has 0 bridgehead atoms. The fourth-order valence-corrected chi connectivity index (χ4v) is 4.25. The van der Waals surface area contributed by atoms with E-state index in [0.29, 0.717) is 18.4 Å². The molecule has 148 valence electrons. The first-order chi connectivity index (χ1) is 13.2. The van der Waals surface area contributed by atoms with Gasteiger partial charge in [-0.25, -0.2) is 0 Å². The van der Waals surface area contributed by atoms with Crippen molar-refractivity contribution in [3.8, 4) is 0 Å². The van der Waals surface area contributed by atoms with Gasteiger partial charge in [-0.15, -0.1) is 0 Å². The second kappa shape index (κ2) is 9.97. The van der Waals surface area contributed by atoms with Crippen LogP contribution in [0, 0.1) is 0 Å². The molecular formula is C20H30BrN5O.